The van der Waals surface area contributed by atoms with Crippen LogP contribution in [0.15, 0.2) is 34.7 Å². The van der Waals surface area contributed by atoms with Crippen molar-refractivity contribution in [3.63, 3.8) is 0 Å². The lowest BCUT2D eigenvalue weighted by Gasteiger charge is -2.30. The lowest BCUT2D eigenvalue weighted by Crippen LogP contribution is -2.37. The van der Waals surface area contributed by atoms with Crippen molar-refractivity contribution in [1.29, 1.82) is 0 Å². The van der Waals surface area contributed by atoms with E-state index < -0.39 is 0 Å². The number of ether oxygens (including phenoxy) is 1. The second-order valence-electron chi connectivity index (χ2n) is 6.52. The summed E-state index contributed by atoms with van der Waals surface area (Å²) in [6.07, 6.45) is 4.13. The molecule has 23 heavy (non-hydrogen) atoms. The fourth-order valence-electron chi connectivity index (χ4n) is 3.64. The molecule has 1 atom stereocenters. The molecule has 0 aliphatic carbocycles. The molecule has 0 spiro atoms. The van der Waals surface area contributed by atoms with Crippen molar-refractivity contribution in [3.8, 4) is 0 Å². The molecule has 0 unspecified atom stereocenters. The highest BCUT2D eigenvalue weighted by Crippen LogP contribution is 2.30. The van der Waals surface area contributed by atoms with Crippen LogP contribution in [0.1, 0.15) is 42.5 Å². The maximum absolute atomic E-state index is 5.93. The van der Waals surface area contributed by atoms with Crippen molar-refractivity contribution in [2.45, 2.75) is 37.6 Å². The van der Waals surface area contributed by atoms with Gasteiger partial charge in [0.1, 0.15) is 0 Å². The monoisotopic (exact) mass is 313 g/mol. The first-order chi connectivity index (χ1) is 11.4. The zero-order chi connectivity index (χ0) is 15.5. The molecule has 2 aromatic rings. The summed E-state index contributed by atoms with van der Waals surface area (Å²) >= 11 is 0. The second kappa shape index (κ2) is 6.81. The van der Waals surface area contributed by atoms with Crippen molar-refractivity contribution in [3.05, 3.63) is 47.7 Å². The van der Waals surface area contributed by atoms with Gasteiger partial charge in [-0.05, 0) is 31.4 Å². The molecule has 0 saturated carbocycles. The minimum atomic E-state index is 0.384. The predicted octanol–water partition coefficient (Wildman–Crippen LogP) is 2.63. The minimum absolute atomic E-state index is 0.384. The molecular formula is C18H23N3O2. The molecule has 122 valence electrons. The third-order valence-corrected chi connectivity index (χ3v) is 4.96. The van der Waals surface area contributed by atoms with Gasteiger partial charge in [0.2, 0.25) is 11.8 Å². The molecule has 2 saturated heterocycles. The van der Waals surface area contributed by atoms with Gasteiger partial charge in [-0.1, -0.05) is 30.3 Å². The van der Waals surface area contributed by atoms with Gasteiger partial charge in [0.05, 0.1) is 12.3 Å². The Bertz CT molecular complexity index is 622. The lowest BCUT2D eigenvalue weighted by molar-refractivity contribution is 0.0417. The maximum Gasteiger partial charge on any atom is 0.220 e. The van der Waals surface area contributed by atoms with Gasteiger partial charge in [0.15, 0.2) is 0 Å². The number of hydrogen-bond donors (Lipinski definition) is 0. The molecule has 2 aliphatic rings. The van der Waals surface area contributed by atoms with Crippen LogP contribution in [0.2, 0.25) is 0 Å². The molecule has 5 heteroatoms. The Kier molecular flexibility index (Phi) is 4.39. The van der Waals surface area contributed by atoms with Gasteiger partial charge in [0.25, 0.3) is 0 Å². The highest BCUT2D eigenvalue weighted by atomic mass is 16.5. The Morgan fingerprint density at radius 3 is 2.70 bits per heavy atom. The van der Waals surface area contributed by atoms with Gasteiger partial charge in [-0.15, -0.1) is 10.2 Å². The largest absolute Gasteiger partial charge is 0.425 e. The van der Waals surface area contributed by atoms with Crippen molar-refractivity contribution < 1.29 is 9.15 Å². The summed E-state index contributed by atoms with van der Waals surface area (Å²) in [5, 5.41) is 8.54. The fraction of sp³-hybridized carbons (Fsp3) is 0.556. The molecular weight excluding hydrogens is 290 g/mol. The van der Waals surface area contributed by atoms with E-state index in [1.165, 1.54) is 5.56 Å². The van der Waals surface area contributed by atoms with Crippen LogP contribution in [0.5, 0.6) is 0 Å². The molecule has 0 bridgehead atoms. The zero-order valence-electron chi connectivity index (χ0n) is 13.4. The maximum atomic E-state index is 5.93. The smallest absolute Gasteiger partial charge is 0.220 e. The minimum Gasteiger partial charge on any atom is -0.425 e. The normalized spacial score (nSPS) is 23.4. The topological polar surface area (TPSA) is 51.4 Å². The SMILES string of the molecule is c1ccc(Cc2nnc([C@H]3CCN(C4CCOCC4)C3)o2)cc1. The summed E-state index contributed by atoms with van der Waals surface area (Å²) in [5.74, 6) is 1.91. The van der Waals surface area contributed by atoms with E-state index in [4.69, 9.17) is 9.15 Å². The first-order valence-electron chi connectivity index (χ1n) is 8.56. The number of hydrogen-bond acceptors (Lipinski definition) is 5. The number of rotatable bonds is 4. The van der Waals surface area contributed by atoms with E-state index in [1.807, 2.05) is 18.2 Å². The molecule has 1 aromatic heterocycles. The van der Waals surface area contributed by atoms with E-state index in [-0.39, 0.29) is 0 Å². The number of benzene rings is 1. The quantitative estimate of drug-likeness (QED) is 0.868. The van der Waals surface area contributed by atoms with E-state index in [0.717, 1.165) is 57.3 Å². The predicted molar refractivity (Wildman–Crippen MR) is 86.3 cm³/mol. The molecule has 4 rings (SSSR count). The molecule has 0 radical (unpaired) electrons. The lowest BCUT2D eigenvalue weighted by atomic mass is 10.1. The van der Waals surface area contributed by atoms with Crippen LogP contribution < -0.4 is 0 Å². The molecule has 2 aliphatic heterocycles. The van der Waals surface area contributed by atoms with Gasteiger partial charge in [-0.3, -0.25) is 4.90 Å². The number of likely N-dealkylation sites (tertiary alicyclic amines) is 1. The van der Waals surface area contributed by atoms with Crippen LogP contribution in [0.25, 0.3) is 0 Å². The fourth-order valence-corrected chi connectivity index (χ4v) is 3.64. The molecule has 3 heterocycles. The van der Waals surface area contributed by atoms with E-state index in [9.17, 15) is 0 Å². The number of nitrogens with zero attached hydrogens (tertiary/aromatic N) is 3. The standard InChI is InChI=1S/C18H23N3O2/c1-2-4-14(5-3-1)12-17-19-20-18(23-17)15-6-9-21(13-15)16-7-10-22-11-8-16/h1-5,15-16H,6-13H2/t15-/m0/s1. The first-order valence-corrected chi connectivity index (χ1v) is 8.56. The van der Waals surface area contributed by atoms with E-state index in [1.54, 1.807) is 0 Å². The number of aromatic nitrogens is 2. The molecule has 1 aromatic carbocycles. The Morgan fingerprint density at radius 1 is 1.04 bits per heavy atom. The Labute approximate surface area is 136 Å². The summed E-state index contributed by atoms with van der Waals surface area (Å²) in [7, 11) is 0. The van der Waals surface area contributed by atoms with E-state index >= 15 is 0 Å². The van der Waals surface area contributed by atoms with Crippen molar-refractivity contribution in [2.75, 3.05) is 26.3 Å². The van der Waals surface area contributed by atoms with Crippen LogP contribution in [0.3, 0.4) is 0 Å². The van der Waals surface area contributed by atoms with Crippen molar-refractivity contribution in [1.82, 2.24) is 15.1 Å². The third kappa shape index (κ3) is 3.46. The van der Waals surface area contributed by atoms with Crippen LogP contribution in [-0.4, -0.2) is 47.4 Å². The van der Waals surface area contributed by atoms with Crippen LogP contribution in [0.4, 0.5) is 0 Å². The van der Waals surface area contributed by atoms with Crippen LogP contribution in [0, 0.1) is 0 Å². The van der Waals surface area contributed by atoms with Gasteiger partial charge < -0.3 is 9.15 Å². The van der Waals surface area contributed by atoms with E-state index in [2.05, 4.69) is 27.2 Å². The van der Waals surface area contributed by atoms with Crippen molar-refractivity contribution in [2.24, 2.45) is 0 Å². The van der Waals surface area contributed by atoms with Gasteiger partial charge in [0, 0.05) is 25.8 Å². The first kappa shape index (κ1) is 14.8. The average Bonchev–Trinajstić information content (AvgIpc) is 3.26. The van der Waals surface area contributed by atoms with Gasteiger partial charge >= 0.3 is 0 Å². The van der Waals surface area contributed by atoms with Crippen molar-refractivity contribution >= 4 is 0 Å². The molecule has 5 nitrogen and oxygen atoms in total. The zero-order valence-corrected chi connectivity index (χ0v) is 13.4. The summed E-state index contributed by atoms with van der Waals surface area (Å²) in [5.41, 5.74) is 1.21. The summed E-state index contributed by atoms with van der Waals surface area (Å²) in [4.78, 5) is 2.58. The summed E-state index contributed by atoms with van der Waals surface area (Å²) < 4.78 is 11.4. The Hall–Kier alpha value is -1.72. The van der Waals surface area contributed by atoms with Gasteiger partial charge in [-0.2, -0.15) is 0 Å². The molecule has 0 amide bonds. The van der Waals surface area contributed by atoms with Crippen LogP contribution in [-0.2, 0) is 11.2 Å². The highest BCUT2D eigenvalue weighted by Gasteiger charge is 2.32. The highest BCUT2D eigenvalue weighted by molar-refractivity contribution is 5.18. The van der Waals surface area contributed by atoms with E-state index in [0.29, 0.717) is 18.4 Å². The molecule has 0 N–H and O–H groups in total. The van der Waals surface area contributed by atoms with Crippen LogP contribution >= 0.6 is 0 Å². The summed E-state index contributed by atoms with van der Waals surface area (Å²) in [6.45, 7) is 3.96. The second-order valence-corrected chi connectivity index (χ2v) is 6.52. The Balaban J connectivity index is 1.37. The van der Waals surface area contributed by atoms with Gasteiger partial charge in [-0.25, -0.2) is 0 Å². The average molecular weight is 313 g/mol. The molecule has 2 fully saturated rings. The third-order valence-electron chi connectivity index (χ3n) is 4.96. The Morgan fingerprint density at radius 2 is 1.87 bits per heavy atom. The summed E-state index contributed by atoms with van der Waals surface area (Å²) in [6, 6.07) is 10.9.